The lowest BCUT2D eigenvalue weighted by Crippen LogP contribution is -2.57. The second-order valence-corrected chi connectivity index (χ2v) is 11.1. The summed E-state index contributed by atoms with van der Waals surface area (Å²) in [4.78, 5) is 53.1. The first-order chi connectivity index (χ1) is 17.5. The number of aromatic nitrogens is 1. The van der Waals surface area contributed by atoms with Gasteiger partial charge in [-0.2, -0.15) is 0 Å². The molecule has 2 bridgehead atoms. The molecule has 9 heteroatoms. The van der Waals surface area contributed by atoms with Gasteiger partial charge in [0.1, 0.15) is 17.7 Å². The Morgan fingerprint density at radius 3 is 2.43 bits per heavy atom. The molecule has 1 aromatic heterocycles. The zero-order valence-electron chi connectivity index (χ0n) is 21.9. The standard InChI is InChI=1S/C28H36N4O5/c1-18(26(35)31-15-20-13-21(17-31)23-11-8-12-24(33)32(23)16-20)29-25(34)22(14-19-9-6-5-7-10-19)30-27(36)37-28(2,3)4/h5-12,18,20-22H,13-17H2,1-4H3,(H,29,34)(H,30,36)/t18-,20-,21+,22+/m0/s1. The molecule has 0 unspecified atom stereocenters. The third kappa shape index (κ3) is 6.58. The van der Waals surface area contributed by atoms with E-state index in [0.717, 1.165) is 17.7 Å². The van der Waals surface area contributed by atoms with Crippen LogP contribution in [0.4, 0.5) is 4.79 Å². The van der Waals surface area contributed by atoms with Gasteiger partial charge in [-0.15, -0.1) is 0 Å². The van der Waals surface area contributed by atoms with Crippen molar-refractivity contribution in [1.82, 2.24) is 20.1 Å². The minimum atomic E-state index is -0.910. The number of hydrogen-bond acceptors (Lipinski definition) is 5. The van der Waals surface area contributed by atoms with E-state index in [-0.39, 0.29) is 29.7 Å². The van der Waals surface area contributed by atoms with Crippen LogP contribution in [-0.4, -0.2) is 58.1 Å². The number of benzene rings is 1. The van der Waals surface area contributed by atoms with Gasteiger partial charge in [0, 0.05) is 43.7 Å². The zero-order valence-corrected chi connectivity index (χ0v) is 21.9. The van der Waals surface area contributed by atoms with Crippen LogP contribution in [0.1, 0.15) is 51.3 Å². The highest BCUT2D eigenvalue weighted by Crippen LogP contribution is 2.35. The van der Waals surface area contributed by atoms with E-state index in [1.165, 1.54) is 0 Å². The highest BCUT2D eigenvalue weighted by Gasteiger charge is 2.38. The fraction of sp³-hybridized carbons (Fsp3) is 0.500. The van der Waals surface area contributed by atoms with Crippen molar-refractivity contribution in [1.29, 1.82) is 0 Å². The Kier molecular flexibility index (Phi) is 7.71. The number of ether oxygens (including phenoxy) is 1. The summed E-state index contributed by atoms with van der Waals surface area (Å²) in [6.45, 7) is 8.56. The molecule has 37 heavy (non-hydrogen) atoms. The molecular weight excluding hydrogens is 472 g/mol. The van der Waals surface area contributed by atoms with Crippen molar-refractivity contribution in [2.45, 2.75) is 70.7 Å². The molecule has 4 rings (SSSR count). The molecule has 1 aromatic carbocycles. The molecule has 3 amide bonds. The van der Waals surface area contributed by atoms with Gasteiger partial charge in [-0.25, -0.2) is 4.79 Å². The molecule has 0 saturated carbocycles. The Morgan fingerprint density at radius 1 is 1.00 bits per heavy atom. The van der Waals surface area contributed by atoms with Gasteiger partial charge in [0.05, 0.1) is 0 Å². The minimum Gasteiger partial charge on any atom is -0.444 e. The fourth-order valence-electron chi connectivity index (χ4n) is 5.23. The molecule has 1 fully saturated rings. The quantitative estimate of drug-likeness (QED) is 0.623. The molecule has 2 aliphatic heterocycles. The SMILES string of the molecule is C[C@H](NC(=O)[C@@H](Cc1ccccc1)NC(=O)OC(C)(C)C)C(=O)N1C[C@@H]2C[C@H](C1)c1cccc(=O)n1C2. The maximum atomic E-state index is 13.4. The highest BCUT2D eigenvalue weighted by atomic mass is 16.6. The van der Waals surface area contributed by atoms with Crippen LogP contribution in [0.5, 0.6) is 0 Å². The van der Waals surface area contributed by atoms with Gasteiger partial charge in [-0.3, -0.25) is 14.4 Å². The lowest BCUT2D eigenvalue weighted by Gasteiger charge is -2.43. The van der Waals surface area contributed by atoms with Gasteiger partial charge in [0.15, 0.2) is 0 Å². The van der Waals surface area contributed by atoms with Crippen molar-refractivity contribution in [3.05, 3.63) is 70.1 Å². The molecule has 0 radical (unpaired) electrons. The Balaban J connectivity index is 1.43. The van der Waals surface area contributed by atoms with Crippen LogP contribution in [0.15, 0.2) is 53.3 Å². The zero-order chi connectivity index (χ0) is 26.7. The number of carbonyl (C=O) groups is 3. The summed E-state index contributed by atoms with van der Waals surface area (Å²) in [6, 6.07) is 13.0. The molecule has 198 valence electrons. The highest BCUT2D eigenvalue weighted by molar-refractivity contribution is 5.91. The number of nitrogens with one attached hydrogen (secondary N) is 2. The second kappa shape index (κ2) is 10.8. The summed E-state index contributed by atoms with van der Waals surface area (Å²) in [5.41, 5.74) is 1.12. The Morgan fingerprint density at radius 2 is 1.73 bits per heavy atom. The maximum absolute atomic E-state index is 13.4. The van der Waals surface area contributed by atoms with Crippen LogP contribution in [0.3, 0.4) is 0 Å². The molecule has 3 heterocycles. The largest absolute Gasteiger partial charge is 0.444 e. The summed E-state index contributed by atoms with van der Waals surface area (Å²) in [7, 11) is 0. The number of rotatable bonds is 6. The molecule has 2 aromatic rings. The average Bonchev–Trinajstić information content (AvgIpc) is 2.83. The number of likely N-dealkylation sites (tertiary alicyclic amines) is 1. The van der Waals surface area contributed by atoms with E-state index in [9.17, 15) is 19.2 Å². The van der Waals surface area contributed by atoms with E-state index in [1.54, 1.807) is 44.7 Å². The molecule has 2 aliphatic rings. The number of alkyl carbamates (subject to hydrolysis) is 1. The predicted octanol–water partition coefficient (Wildman–Crippen LogP) is 2.43. The molecule has 2 N–H and O–H groups in total. The Labute approximate surface area is 217 Å². The first kappa shape index (κ1) is 26.4. The van der Waals surface area contributed by atoms with Crippen molar-refractivity contribution in [3.8, 4) is 0 Å². The van der Waals surface area contributed by atoms with E-state index in [4.69, 9.17) is 4.74 Å². The van der Waals surface area contributed by atoms with Gasteiger partial charge < -0.3 is 24.8 Å². The minimum absolute atomic E-state index is 0.00504. The molecule has 0 aliphatic carbocycles. The molecule has 9 nitrogen and oxygen atoms in total. The second-order valence-electron chi connectivity index (χ2n) is 11.1. The van der Waals surface area contributed by atoms with Crippen LogP contribution in [-0.2, 0) is 27.3 Å². The van der Waals surface area contributed by atoms with Crippen LogP contribution >= 0.6 is 0 Å². The first-order valence-electron chi connectivity index (χ1n) is 12.8. The third-order valence-corrected chi connectivity index (χ3v) is 6.81. The number of piperidine rings is 1. The number of fused-ring (bicyclic) bond motifs is 4. The molecule has 4 atom stereocenters. The Hall–Kier alpha value is -3.62. The predicted molar refractivity (Wildman–Crippen MR) is 139 cm³/mol. The van der Waals surface area contributed by atoms with Gasteiger partial charge >= 0.3 is 6.09 Å². The summed E-state index contributed by atoms with van der Waals surface area (Å²) < 4.78 is 7.18. The number of carbonyl (C=O) groups excluding carboxylic acids is 3. The van der Waals surface area contributed by atoms with Crippen LogP contribution in [0, 0.1) is 5.92 Å². The number of pyridine rings is 1. The smallest absolute Gasteiger partial charge is 0.408 e. The van der Waals surface area contributed by atoms with E-state index in [1.807, 2.05) is 41.0 Å². The van der Waals surface area contributed by atoms with Crippen LogP contribution < -0.4 is 16.2 Å². The normalized spacial score (nSPS) is 20.3. The van der Waals surface area contributed by atoms with E-state index < -0.39 is 29.7 Å². The number of hydrogen-bond donors (Lipinski definition) is 2. The summed E-state index contributed by atoms with van der Waals surface area (Å²) >= 11 is 0. The Bertz CT molecular complexity index is 1200. The third-order valence-electron chi connectivity index (χ3n) is 6.81. The monoisotopic (exact) mass is 508 g/mol. The van der Waals surface area contributed by atoms with E-state index >= 15 is 0 Å². The lowest BCUT2D eigenvalue weighted by molar-refractivity contribution is -0.138. The fourth-order valence-corrected chi connectivity index (χ4v) is 5.23. The average molecular weight is 509 g/mol. The van der Waals surface area contributed by atoms with Gasteiger partial charge in [-0.1, -0.05) is 36.4 Å². The number of amides is 3. The van der Waals surface area contributed by atoms with Gasteiger partial charge in [0.25, 0.3) is 5.56 Å². The summed E-state index contributed by atoms with van der Waals surface area (Å²) in [5.74, 6) is -0.346. The lowest BCUT2D eigenvalue weighted by atomic mass is 9.83. The first-order valence-corrected chi connectivity index (χ1v) is 12.8. The van der Waals surface area contributed by atoms with E-state index in [2.05, 4.69) is 10.6 Å². The molecule has 0 spiro atoms. The van der Waals surface area contributed by atoms with Crippen molar-refractivity contribution < 1.29 is 19.1 Å². The van der Waals surface area contributed by atoms with E-state index in [0.29, 0.717) is 19.6 Å². The summed E-state index contributed by atoms with van der Waals surface area (Å²) in [6.07, 6.45) is 0.499. The van der Waals surface area contributed by atoms with Crippen LogP contribution in [0.2, 0.25) is 0 Å². The van der Waals surface area contributed by atoms with Gasteiger partial charge in [-0.05, 0) is 51.7 Å². The van der Waals surface area contributed by atoms with Crippen molar-refractivity contribution >= 4 is 17.9 Å². The van der Waals surface area contributed by atoms with Crippen molar-refractivity contribution in [2.75, 3.05) is 13.1 Å². The summed E-state index contributed by atoms with van der Waals surface area (Å²) in [5, 5.41) is 5.47. The number of nitrogens with zero attached hydrogens (tertiary/aromatic N) is 2. The molecule has 1 saturated heterocycles. The van der Waals surface area contributed by atoms with Crippen LogP contribution in [0.25, 0.3) is 0 Å². The van der Waals surface area contributed by atoms with Gasteiger partial charge in [0.2, 0.25) is 11.8 Å². The maximum Gasteiger partial charge on any atom is 0.408 e. The topological polar surface area (TPSA) is 110 Å². The van der Waals surface area contributed by atoms with Crippen molar-refractivity contribution in [3.63, 3.8) is 0 Å². The van der Waals surface area contributed by atoms with Crippen molar-refractivity contribution in [2.24, 2.45) is 5.92 Å². The molecular formula is C28H36N4O5.